The second-order valence-corrected chi connectivity index (χ2v) is 9.57. The summed E-state index contributed by atoms with van der Waals surface area (Å²) in [4.78, 5) is 19.2. The fraction of sp³-hybridized carbons (Fsp3) is 0.524. The molecule has 2 heterocycles. The molecule has 152 valence electrons. The van der Waals surface area contributed by atoms with E-state index in [1.165, 1.54) is 12.0 Å². The van der Waals surface area contributed by atoms with Crippen molar-refractivity contribution < 1.29 is 14.3 Å². The van der Waals surface area contributed by atoms with Crippen LogP contribution in [-0.4, -0.2) is 30.8 Å². The molecule has 0 N–H and O–H groups in total. The smallest absolute Gasteiger partial charge is 0.283 e. The van der Waals surface area contributed by atoms with Crippen molar-refractivity contribution in [3.8, 4) is 5.75 Å². The first-order chi connectivity index (χ1) is 13.3. The van der Waals surface area contributed by atoms with Gasteiger partial charge in [0.05, 0.1) is 19.3 Å². The number of aromatic nitrogens is 1. The lowest BCUT2D eigenvalue weighted by atomic mass is 9.95. The largest absolute Gasteiger partial charge is 0.496 e. The number of rotatable bonds is 4. The number of amides is 1. The standard InChI is InChI=1S/C21H27ClN2O3S/c1-21(2,3)18-12-24(11-14-6-5-9-27-13-14)20(28-18)23-19(25)16-10-15(22)7-8-17(16)26-4/h7-8,10,12,14H,5-6,9,11,13H2,1-4H3/b23-20-. The number of ether oxygens (including phenoxy) is 2. The summed E-state index contributed by atoms with van der Waals surface area (Å²) >= 11 is 7.64. The van der Waals surface area contributed by atoms with E-state index in [4.69, 9.17) is 21.1 Å². The van der Waals surface area contributed by atoms with E-state index in [9.17, 15) is 4.79 Å². The summed E-state index contributed by atoms with van der Waals surface area (Å²) in [6.45, 7) is 8.88. The molecule has 0 spiro atoms. The van der Waals surface area contributed by atoms with Crippen molar-refractivity contribution in [2.75, 3.05) is 20.3 Å². The number of carbonyl (C=O) groups is 1. The van der Waals surface area contributed by atoms with Crippen LogP contribution in [-0.2, 0) is 16.7 Å². The molecule has 1 fully saturated rings. The summed E-state index contributed by atoms with van der Waals surface area (Å²) in [6.07, 6.45) is 4.33. The second kappa shape index (κ2) is 8.80. The quantitative estimate of drug-likeness (QED) is 0.718. The molecule has 1 saturated heterocycles. The third-order valence-electron chi connectivity index (χ3n) is 4.76. The van der Waals surface area contributed by atoms with Gasteiger partial charge in [-0.15, -0.1) is 11.3 Å². The molecule has 0 radical (unpaired) electrons. The molecule has 1 amide bonds. The average Bonchev–Trinajstić information content (AvgIpc) is 3.05. The summed E-state index contributed by atoms with van der Waals surface area (Å²) in [7, 11) is 1.53. The van der Waals surface area contributed by atoms with E-state index < -0.39 is 0 Å². The Morgan fingerprint density at radius 2 is 2.21 bits per heavy atom. The maximum absolute atomic E-state index is 12.9. The highest BCUT2D eigenvalue weighted by Gasteiger charge is 2.21. The average molecular weight is 423 g/mol. The highest BCUT2D eigenvalue weighted by atomic mass is 35.5. The Balaban J connectivity index is 2.00. The van der Waals surface area contributed by atoms with Gasteiger partial charge in [-0.2, -0.15) is 4.99 Å². The summed E-state index contributed by atoms with van der Waals surface area (Å²) in [5.74, 6) is 0.555. The fourth-order valence-corrected chi connectivity index (χ4v) is 4.40. The Morgan fingerprint density at radius 1 is 1.43 bits per heavy atom. The lowest BCUT2D eigenvalue weighted by Crippen LogP contribution is -2.26. The SMILES string of the molecule is COc1ccc(Cl)cc1C(=O)/N=c1\sc(C(C)(C)C)cn1CC1CCCOC1. The molecule has 7 heteroatoms. The maximum atomic E-state index is 12.9. The van der Waals surface area contributed by atoms with Crippen LogP contribution in [0, 0.1) is 5.92 Å². The van der Waals surface area contributed by atoms with Crippen LogP contribution < -0.4 is 9.54 Å². The summed E-state index contributed by atoms with van der Waals surface area (Å²) in [6, 6.07) is 4.99. The van der Waals surface area contributed by atoms with Crippen molar-refractivity contribution in [2.45, 2.75) is 45.6 Å². The van der Waals surface area contributed by atoms with Gasteiger partial charge in [0, 0.05) is 35.2 Å². The first-order valence-electron chi connectivity index (χ1n) is 9.49. The van der Waals surface area contributed by atoms with Gasteiger partial charge in [-0.25, -0.2) is 0 Å². The first kappa shape index (κ1) is 21.1. The van der Waals surface area contributed by atoms with Crippen LogP contribution in [0.5, 0.6) is 5.75 Å². The summed E-state index contributed by atoms with van der Waals surface area (Å²) < 4.78 is 13.0. The van der Waals surface area contributed by atoms with E-state index in [1.54, 1.807) is 29.5 Å². The van der Waals surface area contributed by atoms with E-state index in [2.05, 4.69) is 36.5 Å². The fourth-order valence-electron chi connectivity index (χ4n) is 3.17. The number of carbonyl (C=O) groups excluding carboxylic acids is 1. The van der Waals surface area contributed by atoms with Gasteiger partial charge in [-0.05, 0) is 36.5 Å². The Labute approximate surface area is 175 Å². The van der Waals surface area contributed by atoms with Gasteiger partial charge in [0.2, 0.25) is 0 Å². The predicted molar refractivity (Wildman–Crippen MR) is 112 cm³/mol. The minimum Gasteiger partial charge on any atom is -0.496 e. The third kappa shape index (κ3) is 5.04. The molecule has 0 bridgehead atoms. The molecular weight excluding hydrogens is 396 g/mol. The molecule has 0 saturated carbocycles. The highest BCUT2D eigenvalue weighted by molar-refractivity contribution is 7.09. The number of benzene rings is 1. The Morgan fingerprint density at radius 3 is 2.86 bits per heavy atom. The molecule has 1 aromatic carbocycles. The molecule has 2 aromatic rings. The highest BCUT2D eigenvalue weighted by Crippen LogP contribution is 2.26. The topological polar surface area (TPSA) is 52.8 Å². The number of halogens is 1. The van der Waals surface area contributed by atoms with E-state index in [0.717, 1.165) is 32.6 Å². The van der Waals surface area contributed by atoms with Gasteiger partial charge in [0.1, 0.15) is 5.75 Å². The second-order valence-electron chi connectivity index (χ2n) is 8.13. The molecular formula is C21H27ClN2O3S. The zero-order chi connectivity index (χ0) is 20.3. The van der Waals surface area contributed by atoms with Crippen LogP contribution >= 0.6 is 22.9 Å². The van der Waals surface area contributed by atoms with Crippen molar-refractivity contribution >= 4 is 28.8 Å². The molecule has 1 aliphatic rings. The first-order valence-corrected chi connectivity index (χ1v) is 10.7. The third-order valence-corrected chi connectivity index (χ3v) is 6.44. The van der Waals surface area contributed by atoms with Gasteiger partial charge in [0.15, 0.2) is 4.80 Å². The Kier molecular flexibility index (Phi) is 6.63. The molecule has 1 aromatic heterocycles. The van der Waals surface area contributed by atoms with E-state index in [0.29, 0.717) is 27.1 Å². The maximum Gasteiger partial charge on any atom is 0.283 e. The Bertz CT molecular complexity index is 905. The molecule has 5 nitrogen and oxygen atoms in total. The lowest BCUT2D eigenvalue weighted by Gasteiger charge is -2.22. The molecule has 1 atom stereocenters. The van der Waals surface area contributed by atoms with E-state index >= 15 is 0 Å². The van der Waals surface area contributed by atoms with Crippen molar-refractivity contribution in [1.82, 2.24) is 4.57 Å². The summed E-state index contributed by atoms with van der Waals surface area (Å²) in [5, 5.41) is 0.480. The van der Waals surface area contributed by atoms with Gasteiger partial charge in [0.25, 0.3) is 5.91 Å². The van der Waals surface area contributed by atoms with Gasteiger partial charge < -0.3 is 14.0 Å². The van der Waals surface area contributed by atoms with E-state index in [-0.39, 0.29) is 11.3 Å². The molecule has 0 aliphatic carbocycles. The normalized spacial score (nSPS) is 18.3. The van der Waals surface area contributed by atoms with Crippen LogP contribution in [0.1, 0.15) is 48.8 Å². The number of hydrogen-bond acceptors (Lipinski definition) is 4. The van der Waals surface area contributed by atoms with Crippen molar-refractivity contribution in [1.29, 1.82) is 0 Å². The van der Waals surface area contributed by atoms with Crippen molar-refractivity contribution in [2.24, 2.45) is 10.9 Å². The van der Waals surface area contributed by atoms with Crippen LogP contribution in [0.3, 0.4) is 0 Å². The Hall–Kier alpha value is -1.63. The number of nitrogens with zero attached hydrogens (tertiary/aromatic N) is 2. The summed E-state index contributed by atoms with van der Waals surface area (Å²) in [5.41, 5.74) is 0.355. The van der Waals surface area contributed by atoms with Gasteiger partial charge in [-0.3, -0.25) is 4.79 Å². The number of thiazole rings is 1. The van der Waals surface area contributed by atoms with Crippen LogP contribution in [0.15, 0.2) is 29.4 Å². The van der Waals surface area contributed by atoms with Gasteiger partial charge in [-0.1, -0.05) is 32.4 Å². The van der Waals surface area contributed by atoms with Crippen LogP contribution in [0.4, 0.5) is 0 Å². The van der Waals surface area contributed by atoms with Crippen LogP contribution in [0.2, 0.25) is 5.02 Å². The lowest BCUT2D eigenvalue weighted by molar-refractivity contribution is 0.0480. The number of methoxy groups -OCH3 is 1. The zero-order valence-electron chi connectivity index (χ0n) is 16.8. The molecule has 3 rings (SSSR count). The minimum absolute atomic E-state index is 0.0138. The number of hydrogen-bond donors (Lipinski definition) is 0. The predicted octanol–water partition coefficient (Wildman–Crippen LogP) is 4.68. The van der Waals surface area contributed by atoms with Crippen molar-refractivity contribution in [3.63, 3.8) is 0 Å². The molecule has 1 aliphatic heterocycles. The van der Waals surface area contributed by atoms with Crippen molar-refractivity contribution in [3.05, 3.63) is 44.7 Å². The van der Waals surface area contributed by atoms with Crippen LogP contribution in [0.25, 0.3) is 0 Å². The molecule has 1 unspecified atom stereocenters. The zero-order valence-corrected chi connectivity index (χ0v) is 18.4. The minimum atomic E-state index is -0.352. The van der Waals surface area contributed by atoms with E-state index in [1.807, 2.05) is 0 Å². The molecule has 28 heavy (non-hydrogen) atoms. The van der Waals surface area contributed by atoms with Gasteiger partial charge >= 0.3 is 0 Å². The monoisotopic (exact) mass is 422 g/mol.